The molecule has 2 aromatic rings. The van der Waals surface area contributed by atoms with Crippen molar-refractivity contribution in [2.45, 2.75) is 18.2 Å². The fraction of sp³-hybridized carbons (Fsp3) is 0.188. The van der Waals surface area contributed by atoms with Crippen LogP contribution in [0, 0.1) is 6.92 Å². The number of anilines is 1. The molecule has 0 saturated carbocycles. The average Bonchev–Trinajstić information content (AvgIpc) is 2.50. The molecule has 23 heavy (non-hydrogen) atoms. The normalized spacial score (nSPS) is 11.2. The van der Waals surface area contributed by atoms with Crippen LogP contribution in [-0.4, -0.2) is 20.9 Å². The molecule has 0 spiro atoms. The fourth-order valence-electron chi connectivity index (χ4n) is 1.86. The third-order valence-electron chi connectivity index (χ3n) is 3.10. The number of rotatable bonds is 6. The number of benzene rings is 2. The van der Waals surface area contributed by atoms with Crippen molar-refractivity contribution >= 4 is 33.2 Å². The Kier molecular flexibility index (Phi) is 5.76. The first-order chi connectivity index (χ1) is 10.9. The van der Waals surface area contributed by atoms with Crippen molar-refractivity contribution in [2.24, 2.45) is 0 Å². The molecule has 2 aromatic carbocycles. The molecule has 5 nitrogen and oxygen atoms in total. The maximum atomic E-state index is 12.0. The highest BCUT2D eigenvalue weighted by Gasteiger charge is 2.14. The minimum Gasteiger partial charge on any atom is -0.326 e. The maximum absolute atomic E-state index is 12.0. The van der Waals surface area contributed by atoms with Crippen LogP contribution >= 0.6 is 11.6 Å². The number of carbonyl (C=O) groups excluding carboxylic acids is 1. The lowest BCUT2D eigenvalue weighted by molar-refractivity contribution is -0.116. The van der Waals surface area contributed by atoms with E-state index in [4.69, 9.17) is 11.6 Å². The summed E-state index contributed by atoms with van der Waals surface area (Å²) in [5.41, 5.74) is 1.78. The first kappa shape index (κ1) is 17.5. The van der Waals surface area contributed by atoms with Crippen molar-refractivity contribution < 1.29 is 13.2 Å². The van der Waals surface area contributed by atoms with Gasteiger partial charge in [-0.25, -0.2) is 13.1 Å². The minimum absolute atomic E-state index is 0.0165. The molecule has 7 heteroatoms. The second-order valence-corrected chi connectivity index (χ2v) is 7.22. The average molecular weight is 353 g/mol. The number of nitrogens with one attached hydrogen (secondary N) is 2. The summed E-state index contributed by atoms with van der Waals surface area (Å²) in [6.45, 7) is 1.97. The summed E-state index contributed by atoms with van der Waals surface area (Å²) in [7, 11) is -3.64. The molecule has 0 unspecified atom stereocenters. The van der Waals surface area contributed by atoms with Gasteiger partial charge in [-0.3, -0.25) is 4.79 Å². The van der Waals surface area contributed by atoms with Crippen molar-refractivity contribution in [2.75, 3.05) is 11.9 Å². The van der Waals surface area contributed by atoms with Crippen LogP contribution in [0.4, 0.5) is 5.69 Å². The van der Waals surface area contributed by atoms with Crippen LogP contribution in [0.3, 0.4) is 0 Å². The number of halogens is 1. The largest absolute Gasteiger partial charge is 0.326 e. The van der Waals surface area contributed by atoms with E-state index in [0.717, 1.165) is 5.56 Å². The summed E-state index contributed by atoms with van der Waals surface area (Å²) in [5.74, 6) is -0.257. The Morgan fingerprint density at radius 1 is 1.04 bits per heavy atom. The molecule has 0 aliphatic rings. The first-order valence-corrected chi connectivity index (χ1v) is 8.85. The molecule has 0 fully saturated rings. The standard InChI is InChI=1S/C16H17ClN2O3S/c1-12-2-6-14(7-3-12)19-16(20)10-11-18-23(21,22)15-8-4-13(17)5-9-15/h2-9,18H,10-11H2,1H3,(H,19,20). The van der Waals surface area contributed by atoms with Crippen molar-refractivity contribution in [3.05, 3.63) is 59.1 Å². The smallest absolute Gasteiger partial charge is 0.240 e. The zero-order valence-corrected chi connectivity index (χ0v) is 14.1. The molecule has 0 aliphatic carbocycles. The summed E-state index contributed by atoms with van der Waals surface area (Å²) in [4.78, 5) is 11.9. The molecule has 0 aliphatic heterocycles. The van der Waals surface area contributed by atoms with Crippen LogP contribution in [0.2, 0.25) is 5.02 Å². The van der Waals surface area contributed by atoms with Crippen molar-refractivity contribution in [3.63, 3.8) is 0 Å². The Labute approximate surface area is 140 Å². The summed E-state index contributed by atoms with van der Waals surface area (Å²) < 4.78 is 26.5. The van der Waals surface area contributed by atoms with E-state index in [1.54, 1.807) is 12.1 Å². The summed E-state index contributed by atoms with van der Waals surface area (Å²) >= 11 is 5.73. The molecule has 0 aromatic heterocycles. The van der Waals surface area contributed by atoms with Crippen molar-refractivity contribution in [1.82, 2.24) is 4.72 Å². The fourth-order valence-corrected chi connectivity index (χ4v) is 3.01. The third kappa shape index (κ3) is 5.35. The Bertz CT molecular complexity index is 772. The van der Waals surface area contributed by atoms with E-state index in [1.807, 2.05) is 19.1 Å². The lowest BCUT2D eigenvalue weighted by Gasteiger charge is -2.08. The van der Waals surface area contributed by atoms with Crippen LogP contribution in [0.25, 0.3) is 0 Å². The maximum Gasteiger partial charge on any atom is 0.240 e. The predicted molar refractivity (Wildman–Crippen MR) is 91.1 cm³/mol. The number of hydrogen-bond donors (Lipinski definition) is 2. The first-order valence-electron chi connectivity index (χ1n) is 6.98. The zero-order chi connectivity index (χ0) is 16.9. The zero-order valence-electron chi connectivity index (χ0n) is 12.5. The van der Waals surface area contributed by atoms with Gasteiger partial charge in [0.2, 0.25) is 15.9 Å². The van der Waals surface area contributed by atoms with E-state index < -0.39 is 10.0 Å². The second-order valence-electron chi connectivity index (χ2n) is 5.02. The molecule has 122 valence electrons. The van der Waals surface area contributed by atoms with Gasteiger partial charge in [0.1, 0.15) is 0 Å². The molecule has 0 bridgehead atoms. The van der Waals surface area contributed by atoms with E-state index in [9.17, 15) is 13.2 Å². The Balaban J connectivity index is 1.85. The molecule has 2 N–H and O–H groups in total. The number of hydrogen-bond acceptors (Lipinski definition) is 3. The number of carbonyl (C=O) groups is 1. The monoisotopic (exact) mass is 352 g/mol. The second kappa shape index (κ2) is 7.59. The lowest BCUT2D eigenvalue weighted by atomic mass is 10.2. The molecular weight excluding hydrogens is 336 g/mol. The molecule has 0 heterocycles. The summed E-state index contributed by atoms with van der Waals surface area (Å²) in [6.07, 6.45) is 0.0424. The number of aryl methyl sites for hydroxylation is 1. The van der Waals surface area contributed by atoms with Gasteiger partial charge in [0.05, 0.1) is 4.90 Å². The van der Waals surface area contributed by atoms with E-state index in [2.05, 4.69) is 10.0 Å². The quantitative estimate of drug-likeness (QED) is 0.839. The van der Waals surface area contributed by atoms with E-state index >= 15 is 0 Å². The topological polar surface area (TPSA) is 75.3 Å². The van der Waals surface area contributed by atoms with Crippen LogP contribution in [0.15, 0.2) is 53.4 Å². The third-order valence-corrected chi connectivity index (χ3v) is 4.83. The van der Waals surface area contributed by atoms with E-state index in [0.29, 0.717) is 10.7 Å². The minimum atomic E-state index is -3.64. The van der Waals surface area contributed by atoms with Crippen molar-refractivity contribution in [1.29, 1.82) is 0 Å². The van der Waals surface area contributed by atoms with Gasteiger partial charge < -0.3 is 5.32 Å². The molecule has 0 saturated heterocycles. The Morgan fingerprint density at radius 3 is 2.26 bits per heavy atom. The van der Waals surface area contributed by atoms with E-state index in [1.165, 1.54) is 24.3 Å². The van der Waals surface area contributed by atoms with Gasteiger partial charge in [-0.15, -0.1) is 0 Å². The Morgan fingerprint density at radius 2 is 1.65 bits per heavy atom. The van der Waals surface area contributed by atoms with Gasteiger partial charge in [0.25, 0.3) is 0 Å². The summed E-state index contributed by atoms with van der Waals surface area (Å²) in [6, 6.07) is 13.2. The van der Waals surface area contributed by atoms with Gasteiger partial charge in [-0.05, 0) is 43.3 Å². The highest BCUT2D eigenvalue weighted by Crippen LogP contribution is 2.14. The molecular formula is C16H17ClN2O3S. The SMILES string of the molecule is Cc1ccc(NC(=O)CCNS(=O)(=O)c2ccc(Cl)cc2)cc1. The highest BCUT2D eigenvalue weighted by molar-refractivity contribution is 7.89. The van der Waals surface area contributed by atoms with Gasteiger partial charge >= 0.3 is 0 Å². The molecule has 1 amide bonds. The van der Waals surface area contributed by atoms with Gasteiger partial charge in [-0.1, -0.05) is 29.3 Å². The van der Waals surface area contributed by atoms with Gasteiger partial charge in [0.15, 0.2) is 0 Å². The molecule has 0 radical (unpaired) electrons. The van der Waals surface area contributed by atoms with Crippen LogP contribution < -0.4 is 10.0 Å². The summed E-state index contributed by atoms with van der Waals surface area (Å²) in [5, 5.41) is 3.17. The molecule has 0 atom stereocenters. The highest BCUT2D eigenvalue weighted by atomic mass is 35.5. The number of amides is 1. The van der Waals surface area contributed by atoms with Crippen LogP contribution in [0.5, 0.6) is 0 Å². The van der Waals surface area contributed by atoms with Crippen LogP contribution in [0.1, 0.15) is 12.0 Å². The number of sulfonamides is 1. The van der Waals surface area contributed by atoms with Crippen LogP contribution in [-0.2, 0) is 14.8 Å². The Hall–Kier alpha value is -1.89. The van der Waals surface area contributed by atoms with Gasteiger partial charge in [0, 0.05) is 23.7 Å². The predicted octanol–water partition coefficient (Wildman–Crippen LogP) is 2.96. The lowest BCUT2D eigenvalue weighted by Crippen LogP contribution is -2.27. The van der Waals surface area contributed by atoms with Crippen molar-refractivity contribution in [3.8, 4) is 0 Å². The molecule has 2 rings (SSSR count). The van der Waals surface area contributed by atoms with Gasteiger partial charge in [-0.2, -0.15) is 0 Å². The van der Waals surface area contributed by atoms with E-state index in [-0.39, 0.29) is 23.8 Å².